The third kappa shape index (κ3) is 7.20. The number of aromatic nitrogens is 1. The van der Waals surface area contributed by atoms with Gasteiger partial charge in [-0.05, 0) is 42.8 Å². The van der Waals surface area contributed by atoms with E-state index in [1.807, 2.05) is 22.4 Å². The van der Waals surface area contributed by atoms with Crippen LogP contribution in [0.5, 0.6) is 0 Å². The quantitative estimate of drug-likeness (QED) is 0.343. The van der Waals surface area contributed by atoms with Crippen molar-refractivity contribution in [1.29, 1.82) is 0 Å². The van der Waals surface area contributed by atoms with Crippen LogP contribution in [0.1, 0.15) is 52.1 Å². The van der Waals surface area contributed by atoms with Crippen molar-refractivity contribution >= 4 is 23.2 Å². The standard InChI is InChI=1S/C26H28F3N3O4S/c1-2-35-25(34)19-7-4-10-32(14-19)24(33)22-17-36-23(30-22)16-31(15-21-9-5-11-37-21)13-18-6-3-8-20(12-18)26(27,28)29/h3,5-6,8-9,11-12,17,19H,2,4,7,10,13-16H2,1H3. The summed E-state index contributed by atoms with van der Waals surface area (Å²) in [6.07, 6.45) is -1.78. The molecule has 1 amide bonds. The third-order valence-corrected chi connectivity index (χ3v) is 6.94. The average Bonchev–Trinajstić information content (AvgIpc) is 3.56. The molecule has 1 aliphatic heterocycles. The number of alkyl halides is 3. The summed E-state index contributed by atoms with van der Waals surface area (Å²) < 4.78 is 50.3. The van der Waals surface area contributed by atoms with Crippen molar-refractivity contribution in [3.05, 3.63) is 75.6 Å². The van der Waals surface area contributed by atoms with Crippen LogP contribution in [-0.2, 0) is 35.3 Å². The second-order valence-corrected chi connectivity index (χ2v) is 9.92. The molecule has 3 heterocycles. The minimum Gasteiger partial charge on any atom is -0.466 e. The zero-order valence-electron chi connectivity index (χ0n) is 20.4. The van der Waals surface area contributed by atoms with E-state index >= 15 is 0 Å². The molecule has 1 unspecified atom stereocenters. The molecule has 1 fully saturated rings. The van der Waals surface area contributed by atoms with E-state index in [-0.39, 0.29) is 49.0 Å². The Morgan fingerprint density at radius 1 is 1.22 bits per heavy atom. The maximum absolute atomic E-state index is 13.2. The first-order valence-corrected chi connectivity index (χ1v) is 12.9. The Balaban J connectivity index is 1.46. The molecule has 0 spiro atoms. The van der Waals surface area contributed by atoms with Crippen molar-refractivity contribution in [2.24, 2.45) is 5.92 Å². The number of hydrogen-bond acceptors (Lipinski definition) is 7. The first-order valence-electron chi connectivity index (χ1n) is 12.0. The molecule has 2 aromatic heterocycles. The number of halogens is 3. The number of oxazole rings is 1. The van der Waals surface area contributed by atoms with Crippen LogP contribution in [0, 0.1) is 5.92 Å². The molecule has 37 heavy (non-hydrogen) atoms. The summed E-state index contributed by atoms with van der Waals surface area (Å²) in [4.78, 5) is 34.1. The van der Waals surface area contributed by atoms with Gasteiger partial charge in [-0.3, -0.25) is 14.5 Å². The van der Waals surface area contributed by atoms with Gasteiger partial charge in [0.15, 0.2) is 5.69 Å². The highest BCUT2D eigenvalue weighted by Crippen LogP contribution is 2.30. The third-order valence-electron chi connectivity index (χ3n) is 6.08. The highest BCUT2D eigenvalue weighted by Gasteiger charge is 2.32. The molecular weight excluding hydrogens is 507 g/mol. The second kappa shape index (κ2) is 11.9. The zero-order chi connectivity index (χ0) is 26.4. The fourth-order valence-corrected chi connectivity index (χ4v) is 5.09. The molecule has 4 rings (SSSR count). The SMILES string of the molecule is CCOC(=O)C1CCCN(C(=O)c2coc(CN(Cc3cccc(C(F)(F)F)c3)Cc3cccs3)n2)C1. The number of carbonyl (C=O) groups is 2. The highest BCUT2D eigenvalue weighted by atomic mass is 32.1. The van der Waals surface area contributed by atoms with Gasteiger partial charge in [-0.15, -0.1) is 11.3 Å². The maximum atomic E-state index is 13.2. The number of ether oxygens (including phenoxy) is 1. The van der Waals surface area contributed by atoms with E-state index in [0.717, 1.165) is 17.0 Å². The van der Waals surface area contributed by atoms with Crippen molar-refractivity contribution in [1.82, 2.24) is 14.8 Å². The molecule has 0 radical (unpaired) electrons. The summed E-state index contributed by atoms with van der Waals surface area (Å²) in [6.45, 7) is 3.73. The minimum absolute atomic E-state index is 0.134. The predicted molar refractivity (Wildman–Crippen MR) is 130 cm³/mol. The van der Waals surface area contributed by atoms with Crippen molar-refractivity contribution in [2.45, 2.75) is 45.6 Å². The second-order valence-electron chi connectivity index (χ2n) is 8.89. The van der Waals surface area contributed by atoms with Crippen molar-refractivity contribution in [3.63, 3.8) is 0 Å². The number of nitrogens with zero attached hydrogens (tertiary/aromatic N) is 3. The van der Waals surface area contributed by atoms with Gasteiger partial charge < -0.3 is 14.1 Å². The highest BCUT2D eigenvalue weighted by molar-refractivity contribution is 7.09. The number of likely N-dealkylation sites (tertiary alicyclic amines) is 1. The number of hydrogen-bond donors (Lipinski definition) is 0. The van der Waals surface area contributed by atoms with Gasteiger partial charge in [0.05, 0.1) is 24.6 Å². The topological polar surface area (TPSA) is 75.9 Å². The van der Waals surface area contributed by atoms with E-state index in [9.17, 15) is 22.8 Å². The lowest BCUT2D eigenvalue weighted by atomic mass is 9.98. The average molecular weight is 536 g/mol. The molecule has 0 N–H and O–H groups in total. The fourth-order valence-electron chi connectivity index (χ4n) is 4.34. The molecular formula is C26H28F3N3O4S. The first-order chi connectivity index (χ1) is 17.7. The number of piperidine rings is 1. The molecule has 1 atom stereocenters. The van der Waals surface area contributed by atoms with E-state index in [4.69, 9.17) is 9.15 Å². The Labute approximate surface area is 216 Å². The molecule has 7 nitrogen and oxygen atoms in total. The molecule has 1 aromatic carbocycles. The number of carbonyl (C=O) groups excluding carboxylic acids is 2. The normalized spacial score (nSPS) is 16.2. The largest absolute Gasteiger partial charge is 0.466 e. The molecule has 0 saturated carbocycles. The van der Waals surface area contributed by atoms with Crippen LogP contribution >= 0.6 is 11.3 Å². The van der Waals surface area contributed by atoms with Gasteiger partial charge in [-0.25, -0.2) is 4.98 Å². The van der Waals surface area contributed by atoms with Crippen molar-refractivity contribution < 1.29 is 31.9 Å². The van der Waals surface area contributed by atoms with Crippen LogP contribution in [0.4, 0.5) is 13.2 Å². The van der Waals surface area contributed by atoms with Crippen LogP contribution in [0.15, 0.2) is 52.5 Å². The summed E-state index contributed by atoms with van der Waals surface area (Å²) >= 11 is 1.54. The van der Waals surface area contributed by atoms with E-state index in [1.165, 1.54) is 12.3 Å². The lowest BCUT2D eigenvalue weighted by Gasteiger charge is -2.30. The summed E-state index contributed by atoms with van der Waals surface area (Å²) in [5.74, 6) is -0.713. The fraction of sp³-hybridized carbons (Fsp3) is 0.423. The molecule has 0 bridgehead atoms. The van der Waals surface area contributed by atoms with Gasteiger partial charge in [-0.2, -0.15) is 13.2 Å². The van der Waals surface area contributed by atoms with Crippen molar-refractivity contribution in [3.8, 4) is 0 Å². The Morgan fingerprint density at radius 3 is 2.78 bits per heavy atom. The summed E-state index contributed by atoms with van der Waals surface area (Å²) in [5, 5.41) is 1.93. The Hall–Kier alpha value is -3.18. The number of esters is 1. The van der Waals surface area contributed by atoms with Gasteiger partial charge in [0, 0.05) is 31.1 Å². The zero-order valence-corrected chi connectivity index (χ0v) is 21.2. The molecule has 1 saturated heterocycles. The smallest absolute Gasteiger partial charge is 0.416 e. The summed E-state index contributed by atoms with van der Waals surface area (Å²) in [7, 11) is 0. The molecule has 3 aromatic rings. The first kappa shape index (κ1) is 26.9. The number of rotatable bonds is 9. The Kier molecular flexibility index (Phi) is 8.65. The molecule has 11 heteroatoms. The number of benzene rings is 1. The van der Waals surface area contributed by atoms with Gasteiger partial charge in [-0.1, -0.05) is 24.3 Å². The van der Waals surface area contributed by atoms with Gasteiger partial charge in [0.2, 0.25) is 5.89 Å². The molecule has 0 aliphatic carbocycles. The molecule has 1 aliphatic rings. The molecule has 198 valence electrons. The van der Waals surface area contributed by atoms with E-state index in [2.05, 4.69) is 4.98 Å². The van der Waals surface area contributed by atoms with Gasteiger partial charge >= 0.3 is 12.1 Å². The number of amides is 1. The van der Waals surface area contributed by atoms with Crippen LogP contribution in [0.25, 0.3) is 0 Å². The lowest BCUT2D eigenvalue weighted by molar-refractivity contribution is -0.149. The van der Waals surface area contributed by atoms with E-state index in [1.54, 1.807) is 29.2 Å². The minimum atomic E-state index is -4.42. The van der Waals surface area contributed by atoms with E-state index < -0.39 is 11.7 Å². The van der Waals surface area contributed by atoms with Crippen molar-refractivity contribution in [2.75, 3.05) is 19.7 Å². The van der Waals surface area contributed by atoms with Crippen LogP contribution < -0.4 is 0 Å². The monoisotopic (exact) mass is 535 g/mol. The number of thiophene rings is 1. The van der Waals surface area contributed by atoms with Crippen LogP contribution in [0.2, 0.25) is 0 Å². The van der Waals surface area contributed by atoms with Gasteiger partial charge in [0.1, 0.15) is 6.26 Å². The Bertz CT molecular complexity index is 1200. The summed E-state index contributed by atoms with van der Waals surface area (Å²) in [6, 6.07) is 9.09. The predicted octanol–water partition coefficient (Wildman–Crippen LogP) is 5.37. The summed E-state index contributed by atoms with van der Waals surface area (Å²) in [5.41, 5.74) is -0.0602. The Morgan fingerprint density at radius 2 is 2.05 bits per heavy atom. The van der Waals surface area contributed by atoms with Crippen LogP contribution in [-0.4, -0.2) is 46.4 Å². The van der Waals surface area contributed by atoms with Gasteiger partial charge in [0.25, 0.3) is 5.91 Å². The van der Waals surface area contributed by atoms with E-state index in [0.29, 0.717) is 38.1 Å². The lowest BCUT2D eigenvalue weighted by Crippen LogP contribution is -2.43. The maximum Gasteiger partial charge on any atom is 0.416 e. The van der Waals surface area contributed by atoms with Crippen LogP contribution in [0.3, 0.4) is 0 Å².